The summed E-state index contributed by atoms with van der Waals surface area (Å²) in [6, 6.07) is 0. The van der Waals surface area contributed by atoms with E-state index in [4.69, 9.17) is 0 Å². The lowest BCUT2D eigenvalue weighted by atomic mass is 9.57. The molecule has 1 spiro atoms. The smallest absolute Gasteiger partial charge is 0.106 e. The van der Waals surface area contributed by atoms with E-state index >= 15 is 0 Å². The molecule has 0 radical (unpaired) electrons. The molecule has 4 rings (SSSR count). The van der Waals surface area contributed by atoms with Crippen LogP contribution in [0.15, 0.2) is 11.6 Å². The molecule has 0 amide bonds. The normalized spacial score (nSPS) is 60.8. The second kappa shape index (κ2) is 5.10. The zero-order chi connectivity index (χ0) is 19.4. The summed E-state index contributed by atoms with van der Waals surface area (Å²) in [7, 11) is 0. The third-order valence-corrected chi connectivity index (χ3v) is 8.73. The number of aliphatic hydroxyl groups is 6. The molecule has 6 N–H and O–H groups in total. The maximum Gasteiger partial charge on any atom is 0.106 e. The van der Waals surface area contributed by atoms with Crippen LogP contribution in [0, 0.1) is 28.6 Å². The van der Waals surface area contributed by atoms with Crippen molar-refractivity contribution >= 4 is 0 Å². The third-order valence-electron chi connectivity index (χ3n) is 8.73. The summed E-state index contributed by atoms with van der Waals surface area (Å²) in [4.78, 5) is 0. The molecule has 0 aromatic rings. The van der Waals surface area contributed by atoms with Gasteiger partial charge in [0.1, 0.15) is 5.60 Å². The largest absolute Gasteiger partial charge is 0.392 e. The Balaban J connectivity index is 1.94. The molecule has 4 aliphatic rings. The van der Waals surface area contributed by atoms with Crippen LogP contribution in [0.2, 0.25) is 0 Å². The maximum absolute atomic E-state index is 11.7. The van der Waals surface area contributed by atoms with E-state index in [-0.39, 0.29) is 12.3 Å². The Kier molecular flexibility index (Phi) is 3.70. The van der Waals surface area contributed by atoms with E-state index in [0.717, 1.165) is 12.0 Å². The molecule has 2 bridgehead atoms. The van der Waals surface area contributed by atoms with Gasteiger partial charge in [0, 0.05) is 22.7 Å². The average Bonchev–Trinajstić information content (AvgIpc) is 2.73. The minimum Gasteiger partial charge on any atom is -0.392 e. The van der Waals surface area contributed by atoms with Gasteiger partial charge in [-0.1, -0.05) is 25.5 Å². The fourth-order valence-corrected chi connectivity index (χ4v) is 7.35. The summed E-state index contributed by atoms with van der Waals surface area (Å²) < 4.78 is 0. The van der Waals surface area contributed by atoms with Crippen molar-refractivity contribution in [2.24, 2.45) is 28.6 Å². The number of hydrogen-bond acceptors (Lipinski definition) is 6. The fraction of sp³-hybridized carbons (Fsp3) is 0.900. The molecule has 3 saturated carbocycles. The molecule has 0 saturated heterocycles. The molecular formula is C20H32O6. The summed E-state index contributed by atoms with van der Waals surface area (Å²) in [5.41, 5.74) is -4.43. The van der Waals surface area contributed by atoms with Crippen LogP contribution in [0.25, 0.3) is 0 Å². The van der Waals surface area contributed by atoms with Crippen molar-refractivity contribution in [2.45, 2.75) is 82.6 Å². The molecule has 26 heavy (non-hydrogen) atoms. The van der Waals surface area contributed by atoms with E-state index in [0.29, 0.717) is 6.42 Å². The third kappa shape index (κ3) is 1.79. The van der Waals surface area contributed by atoms with Gasteiger partial charge in [-0.25, -0.2) is 0 Å². The first-order chi connectivity index (χ1) is 11.8. The Morgan fingerprint density at radius 2 is 1.58 bits per heavy atom. The Morgan fingerprint density at radius 3 is 2.19 bits per heavy atom. The lowest BCUT2D eigenvalue weighted by Crippen LogP contribution is -2.62. The topological polar surface area (TPSA) is 121 Å². The van der Waals surface area contributed by atoms with Crippen molar-refractivity contribution in [2.75, 3.05) is 0 Å². The molecule has 0 heterocycles. The highest BCUT2D eigenvalue weighted by Crippen LogP contribution is 2.67. The summed E-state index contributed by atoms with van der Waals surface area (Å²) >= 11 is 0. The van der Waals surface area contributed by atoms with E-state index in [2.05, 4.69) is 0 Å². The van der Waals surface area contributed by atoms with Gasteiger partial charge in [0.25, 0.3) is 0 Å². The van der Waals surface area contributed by atoms with Gasteiger partial charge in [0.05, 0.1) is 30.0 Å². The summed E-state index contributed by atoms with van der Waals surface area (Å²) in [6.45, 7) is 6.78. The van der Waals surface area contributed by atoms with E-state index in [9.17, 15) is 30.6 Å². The molecule has 6 nitrogen and oxygen atoms in total. The summed E-state index contributed by atoms with van der Waals surface area (Å²) in [6.07, 6.45) is -1.22. The number of aliphatic hydroxyl groups excluding tert-OH is 4. The SMILES string of the molecule is CC1=C[C@@]23C[C@@H](O)[C@@]4(O)[C@@H]([C@@H](O)[C@H](O)C4(C)C)[C@](C)(O)[C@@H]2CC[C@@H]1C3O. The van der Waals surface area contributed by atoms with Crippen LogP contribution >= 0.6 is 0 Å². The number of hydrogen-bond donors (Lipinski definition) is 6. The Morgan fingerprint density at radius 1 is 0.962 bits per heavy atom. The zero-order valence-electron chi connectivity index (χ0n) is 15.9. The van der Waals surface area contributed by atoms with Gasteiger partial charge >= 0.3 is 0 Å². The van der Waals surface area contributed by atoms with Crippen molar-refractivity contribution < 1.29 is 30.6 Å². The van der Waals surface area contributed by atoms with Gasteiger partial charge in [-0.05, 0) is 39.0 Å². The first-order valence-electron chi connectivity index (χ1n) is 9.70. The van der Waals surface area contributed by atoms with Crippen molar-refractivity contribution in [3.8, 4) is 0 Å². The quantitative estimate of drug-likeness (QED) is 0.333. The van der Waals surface area contributed by atoms with Gasteiger partial charge in [0.2, 0.25) is 0 Å². The Labute approximate surface area is 154 Å². The molecular weight excluding hydrogens is 336 g/mol. The lowest BCUT2D eigenvalue weighted by Gasteiger charge is -2.51. The van der Waals surface area contributed by atoms with Crippen molar-refractivity contribution in [1.82, 2.24) is 0 Å². The molecule has 0 aliphatic heterocycles. The molecule has 0 aromatic carbocycles. The van der Waals surface area contributed by atoms with Crippen LogP contribution in [0.1, 0.15) is 47.0 Å². The van der Waals surface area contributed by atoms with E-state index < -0.39 is 58.3 Å². The Bertz CT molecular complexity index is 657. The summed E-state index contributed by atoms with van der Waals surface area (Å²) in [5.74, 6) is -1.54. The van der Waals surface area contributed by atoms with E-state index in [1.54, 1.807) is 20.8 Å². The van der Waals surface area contributed by atoms with Gasteiger partial charge in [-0.2, -0.15) is 0 Å². The van der Waals surface area contributed by atoms with Crippen LogP contribution in [0.4, 0.5) is 0 Å². The van der Waals surface area contributed by atoms with E-state index in [1.807, 2.05) is 13.0 Å². The highest BCUT2D eigenvalue weighted by molar-refractivity contribution is 5.34. The van der Waals surface area contributed by atoms with Gasteiger partial charge in [0.15, 0.2) is 0 Å². The zero-order valence-corrected chi connectivity index (χ0v) is 15.9. The van der Waals surface area contributed by atoms with Gasteiger partial charge < -0.3 is 30.6 Å². The number of fused-ring (bicyclic) bond motifs is 2. The van der Waals surface area contributed by atoms with Crippen LogP contribution in [0.5, 0.6) is 0 Å². The summed E-state index contributed by atoms with van der Waals surface area (Å²) in [5, 5.41) is 66.9. The van der Waals surface area contributed by atoms with Gasteiger partial charge in [-0.3, -0.25) is 0 Å². The first-order valence-corrected chi connectivity index (χ1v) is 9.70. The highest BCUT2D eigenvalue weighted by Gasteiger charge is 2.76. The predicted molar refractivity (Wildman–Crippen MR) is 93.9 cm³/mol. The highest BCUT2D eigenvalue weighted by atomic mass is 16.4. The number of rotatable bonds is 0. The fourth-order valence-electron chi connectivity index (χ4n) is 7.35. The first kappa shape index (κ1) is 18.8. The molecule has 1 unspecified atom stereocenters. The van der Waals surface area contributed by atoms with Gasteiger partial charge in [-0.15, -0.1) is 0 Å². The molecule has 0 aromatic heterocycles. The molecule has 6 heteroatoms. The standard InChI is InChI=1S/C20H32O6/c1-9-7-19-8-12(21)20(26)14(13(22)16(24)17(20,2)3)18(4,25)11(19)6-5-10(9)15(19)23/h7,10-16,21-26H,5-6,8H2,1-4H3/t10-,11-,12+,13+,14-,15?,16-,18+,19+,20+/m0/s1. The monoisotopic (exact) mass is 368 g/mol. The second-order valence-electron chi connectivity index (χ2n) is 10.1. The molecule has 148 valence electrons. The molecule has 3 fully saturated rings. The van der Waals surface area contributed by atoms with E-state index in [1.165, 1.54) is 0 Å². The molecule has 4 aliphatic carbocycles. The minimum atomic E-state index is -1.87. The van der Waals surface area contributed by atoms with Crippen molar-refractivity contribution in [3.63, 3.8) is 0 Å². The Hall–Kier alpha value is -0.500. The van der Waals surface area contributed by atoms with Crippen LogP contribution in [-0.4, -0.2) is 66.3 Å². The average molecular weight is 368 g/mol. The lowest BCUT2D eigenvalue weighted by molar-refractivity contribution is -0.208. The van der Waals surface area contributed by atoms with Crippen molar-refractivity contribution in [1.29, 1.82) is 0 Å². The van der Waals surface area contributed by atoms with Crippen molar-refractivity contribution in [3.05, 3.63) is 11.6 Å². The minimum absolute atomic E-state index is 0.00496. The van der Waals surface area contributed by atoms with Crippen LogP contribution in [0.3, 0.4) is 0 Å². The molecule has 10 atom stereocenters. The van der Waals surface area contributed by atoms with Crippen LogP contribution < -0.4 is 0 Å². The second-order valence-corrected chi connectivity index (χ2v) is 10.1. The van der Waals surface area contributed by atoms with Crippen LogP contribution in [-0.2, 0) is 0 Å². The predicted octanol–water partition coefficient (Wildman–Crippen LogP) is -0.0557. The maximum atomic E-state index is 11.7.